The fourth-order valence-corrected chi connectivity index (χ4v) is 13.0. The first-order valence-corrected chi connectivity index (χ1v) is 11.8. The molecule has 0 aliphatic heterocycles. The minimum absolute atomic E-state index is 0.0859. The molecule has 116 valence electrons. The second kappa shape index (κ2) is 5.59. The van der Waals surface area contributed by atoms with E-state index in [9.17, 15) is 21.6 Å². The summed E-state index contributed by atoms with van der Waals surface area (Å²) in [5, 5.41) is 3.59. The summed E-state index contributed by atoms with van der Waals surface area (Å²) in [6.07, 6.45) is 0. The molecule has 21 heavy (non-hydrogen) atoms. The standard InChI is InChI=1S/C12H11F3INO3S/c1-8-11(9(2)20-17-8)16(10-6-4-3-5-7-10)21(18,19)12(13,14)15/h3-7H,1-2H3. The van der Waals surface area contributed by atoms with Crippen LogP contribution in [0, 0.1) is 21.0 Å². The van der Waals surface area contributed by atoms with Crippen LogP contribution in [0.4, 0.5) is 13.2 Å². The van der Waals surface area contributed by atoms with Gasteiger partial charge in [0.2, 0.25) is 0 Å². The molecule has 0 bridgehead atoms. The van der Waals surface area contributed by atoms with Gasteiger partial charge in [0.05, 0.1) is 0 Å². The number of hydrogen-bond donors (Lipinski definition) is 0. The molecule has 2 aromatic rings. The van der Waals surface area contributed by atoms with E-state index in [0.717, 1.165) is 0 Å². The zero-order chi connectivity index (χ0) is 15.8. The zero-order valence-electron chi connectivity index (χ0n) is 11.0. The van der Waals surface area contributed by atoms with Crippen molar-refractivity contribution in [2.45, 2.75) is 19.4 Å². The Morgan fingerprint density at radius 3 is 2.14 bits per heavy atom. The topological polar surface area (TPSA) is 60.2 Å². The summed E-state index contributed by atoms with van der Waals surface area (Å²) in [5.41, 5.74) is -5.11. The number of rotatable bonds is 3. The van der Waals surface area contributed by atoms with Crippen LogP contribution in [0.25, 0.3) is 0 Å². The van der Waals surface area contributed by atoms with Gasteiger partial charge >= 0.3 is 125 Å². The van der Waals surface area contributed by atoms with E-state index in [0.29, 0.717) is 0 Å². The van der Waals surface area contributed by atoms with Gasteiger partial charge in [0, 0.05) is 0 Å². The Morgan fingerprint density at radius 2 is 1.71 bits per heavy atom. The van der Waals surface area contributed by atoms with Crippen molar-refractivity contribution < 1.29 is 26.1 Å². The SMILES string of the molecule is Cc1noc(C)c1I(c1ccccc1)S(=O)(=O)C(F)(F)F. The molecular weight excluding hydrogens is 422 g/mol. The van der Waals surface area contributed by atoms with E-state index >= 15 is 0 Å². The third-order valence-corrected chi connectivity index (χ3v) is 15.1. The molecule has 0 radical (unpaired) electrons. The molecule has 0 N–H and O–H groups in total. The summed E-state index contributed by atoms with van der Waals surface area (Å²) in [7, 11) is -5.30. The van der Waals surface area contributed by atoms with Gasteiger partial charge in [-0.25, -0.2) is 0 Å². The molecule has 0 aliphatic rings. The quantitative estimate of drug-likeness (QED) is 0.548. The van der Waals surface area contributed by atoms with Crippen LogP contribution in [0.2, 0.25) is 0 Å². The number of alkyl halides is 3. The summed E-state index contributed by atoms with van der Waals surface area (Å²) in [4.78, 5) is 0. The molecule has 9 heteroatoms. The van der Waals surface area contributed by atoms with Crippen molar-refractivity contribution in [3.05, 3.63) is 48.9 Å². The van der Waals surface area contributed by atoms with Crippen molar-refractivity contribution in [1.82, 2.24) is 5.16 Å². The monoisotopic (exact) mass is 433 g/mol. The minimum atomic E-state index is -5.30. The maximum atomic E-state index is 13.0. The summed E-state index contributed by atoms with van der Waals surface area (Å²) in [6.45, 7) is 2.87. The Morgan fingerprint density at radius 1 is 1.14 bits per heavy atom. The van der Waals surface area contributed by atoms with E-state index in [1.807, 2.05) is 0 Å². The molecule has 0 fully saturated rings. The summed E-state index contributed by atoms with van der Waals surface area (Å²) < 4.78 is 68.3. The predicted molar refractivity (Wildman–Crippen MR) is 78.8 cm³/mol. The summed E-state index contributed by atoms with van der Waals surface area (Å²) >= 11 is -3.85. The van der Waals surface area contributed by atoms with E-state index in [2.05, 4.69) is 5.16 Å². The third kappa shape index (κ3) is 2.93. The summed E-state index contributed by atoms with van der Waals surface area (Å²) in [5.74, 6) is 0.120. The fourth-order valence-electron chi connectivity index (χ4n) is 1.66. The Bertz CT molecular complexity index is 721. The number of benzene rings is 1. The van der Waals surface area contributed by atoms with Gasteiger partial charge in [-0.1, -0.05) is 0 Å². The average Bonchev–Trinajstić information content (AvgIpc) is 2.71. The van der Waals surface area contributed by atoms with Crippen molar-refractivity contribution in [1.29, 1.82) is 0 Å². The van der Waals surface area contributed by atoms with E-state index in [1.54, 1.807) is 6.07 Å². The van der Waals surface area contributed by atoms with E-state index in [1.165, 1.54) is 38.1 Å². The van der Waals surface area contributed by atoms with E-state index in [-0.39, 0.29) is 18.6 Å². The van der Waals surface area contributed by atoms with Gasteiger partial charge in [-0.2, -0.15) is 0 Å². The molecule has 1 heterocycles. The summed E-state index contributed by atoms with van der Waals surface area (Å²) in [6, 6.07) is 7.46. The van der Waals surface area contributed by atoms with E-state index in [4.69, 9.17) is 4.52 Å². The number of aromatic nitrogens is 1. The van der Waals surface area contributed by atoms with Crippen LogP contribution in [0.15, 0.2) is 34.9 Å². The van der Waals surface area contributed by atoms with Crippen molar-refractivity contribution in [2.75, 3.05) is 0 Å². The number of aryl methyl sites for hydroxylation is 2. The van der Waals surface area contributed by atoms with Crippen LogP contribution in [-0.4, -0.2) is 19.1 Å². The Labute approximate surface area is 125 Å². The Balaban J connectivity index is 2.74. The van der Waals surface area contributed by atoms with E-state index < -0.39 is 31.0 Å². The molecule has 4 nitrogen and oxygen atoms in total. The molecule has 0 atom stereocenters. The van der Waals surface area contributed by atoms with Crippen molar-refractivity contribution in [3.8, 4) is 0 Å². The van der Waals surface area contributed by atoms with Gasteiger partial charge in [0.25, 0.3) is 0 Å². The third-order valence-electron chi connectivity index (χ3n) is 2.53. The molecule has 2 rings (SSSR count). The zero-order valence-corrected chi connectivity index (χ0v) is 14.0. The molecule has 0 amide bonds. The predicted octanol–water partition coefficient (Wildman–Crippen LogP) is 3.69. The van der Waals surface area contributed by atoms with Gasteiger partial charge in [-0.3, -0.25) is 0 Å². The van der Waals surface area contributed by atoms with Gasteiger partial charge in [-0.05, 0) is 0 Å². The van der Waals surface area contributed by atoms with Crippen LogP contribution in [-0.2, 0) is 7.01 Å². The molecule has 0 aliphatic carbocycles. The van der Waals surface area contributed by atoms with Crippen LogP contribution >= 0.6 is 18.4 Å². The molecule has 0 saturated carbocycles. The van der Waals surface area contributed by atoms with Crippen molar-refractivity contribution in [3.63, 3.8) is 0 Å². The van der Waals surface area contributed by atoms with Gasteiger partial charge in [0.15, 0.2) is 0 Å². The van der Waals surface area contributed by atoms with Crippen LogP contribution < -0.4 is 0 Å². The molecule has 1 aromatic heterocycles. The first-order chi connectivity index (χ1) is 9.66. The molecule has 1 aromatic carbocycles. The van der Waals surface area contributed by atoms with Crippen LogP contribution in [0.1, 0.15) is 11.5 Å². The number of hydrogen-bond acceptors (Lipinski definition) is 4. The van der Waals surface area contributed by atoms with Gasteiger partial charge in [-0.15, -0.1) is 0 Å². The first-order valence-electron chi connectivity index (χ1n) is 5.66. The van der Waals surface area contributed by atoms with Gasteiger partial charge < -0.3 is 0 Å². The van der Waals surface area contributed by atoms with Gasteiger partial charge in [0.1, 0.15) is 0 Å². The molecular formula is C12H11F3INO3S. The molecule has 0 saturated heterocycles. The fraction of sp³-hybridized carbons (Fsp3) is 0.250. The average molecular weight is 433 g/mol. The number of nitrogens with zero attached hydrogens (tertiary/aromatic N) is 1. The van der Waals surface area contributed by atoms with Crippen LogP contribution in [0.5, 0.6) is 0 Å². The normalized spacial score (nSPS) is 13.3. The van der Waals surface area contributed by atoms with Crippen molar-refractivity contribution >= 4 is 25.4 Å². The molecule has 0 spiro atoms. The van der Waals surface area contributed by atoms with Crippen molar-refractivity contribution in [2.24, 2.45) is 0 Å². The first kappa shape index (κ1) is 16.3. The second-order valence-electron chi connectivity index (χ2n) is 4.07. The van der Waals surface area contributed by atoms with Crippen LogP contribution in [0.3, 0.4) is 0 Å². The second-order valence-corrected chi connectivity index (χ2v) is 14.7. The molecule has 0 unspecified atom stereocenters. The number of halogens is 4. The Kier molecular flexibility index (Phi) is 4.34. The Hall–Kier alpha value is -1.10. The maximum absolute atomic E-state index is 13.0.